The molecule has 5 heteroatoms. The lowest BCUT2D eigenvalue weighted by Gasteiger charge is -2.17. The Morgan fingerprint density at radius 3 is 2.46 bits per heavy atom. The van der Waals surface area contributed by atoms with Crippen molar-refractivity contribution in [3.8, 4) is 11.5 Å². The number of para-hydroxylation sites is 2. The first-order chi connectivity index (χ1) is 11.6. The van der Waals surface area contributed by atoms with Crippen LogP contribution in [-0.4, -0.2) is 17.4 Å². The van der Waals surface area contributed by atoms with Gasteiger partial charge in [-0.15, -0.1) is 4.89 Å². The number of aromatic carboxylic acids is 1. The average Bonchev–Trinajstić information content (AvgIpc) is 2.59. The Hall–Kier alpha value is -2.53. The van der Waals surface area contributed by atoms with Gasteiger partial charge in [0.15, 0.2) is 5.75 Å². The summed E-state index contributed by atoms with van der Waals surface area (Å²) in [4.78, 5) is 21.5. The molecule has 0 aliphatic heterocycles. The van der Waals surface area contributed by atoms with E-state index in [4.69, 9.17) is 19.6 Å². The molecule has 1 unspecified atom stereocenters. The molecule has 0 radical (unpaired) electrons. The zero-order valence-electron chi connectivity index (χ0n) is 13.9. The number of aryl methyl sites for hydroxylation is 1. The molecular weight excluding hydrogens is 308 g/mol. The van der Waals surface area contributed by atoms with E-state index in [1.54, 1.807) is 19.1 Å². The molecule has 1 atom stereocenters. The molecule has 0 heterocycles. The van der Waals surface area contributed by atoms with Gasteiger partial charge >= 0.3 is 5.97 Å². The topological polar surface area (TPSA) is 65.0 Å². The molecule has 0 saturated carbocycles. The van der Waals surface area contributed by atoms with Gasteiger partial charge in [0.1, 0.15) is 11.3 Å². The molecule has 2 aromatic carbocycles. The Morgan fingerprint density at radius 2 is 1.75 bits per heavy atom. The minimum absolute atomic E-state index is 0.0352. The average molecular weight is 330 g/mol. The second-order valence-corrected chi connectivity index (χ2v) is 5.38. The highest BCUT2D eigenvalue weighted by atomic mass is 17.2. The van der Waals surface area contributed by atoms with Crippen molar-refractivity contribution in [1.82, 2.24) is 0 Å². The van der Waals surface area contributed by atoms with E-state index in [-0.39, 0.29) is 11.3 Å². The second kappa shape index (κ2) is 8.93. The molecule has 2 rings (SSSR count). The first kappa shape index (κ1) is 17.8. The number of hydrogen-bond donors (Lipinski definition) is 1. The molecule has 0 spiro atoms. The second-order valence-electron chi connectivity index (χ2n) is 5.38. The molecule has 0 saturated heterocycles. The molecule has 0 aromatic heterocycles. The maximum absolute atomic E-state index is 11.1. The maximum Gasteiger partial charge on any atom is 0.339 e. The summed E-state index contributed by atoms with van der Waals surface area (Å²) in [5.74, 6) is -0.194. The molecule has 0 aliphatic rings. The fraction of sp³-hybridized carbons (Fsp3) is 0.316. The molecule has 2 aromatic rings. The largest absolute Gasteiger partial charge is 0.478 e. The van der Waals surface area contributed by atoms with Gasteiger partial charge in [-0.25, -0.2) is 4.79 Å². The summed E-state index contributed by atoms with van der Waals surface area (Å²) >= 11 is 0. The van der Waals surface area contributed by atoms with Crippen molar-refractivity contribution in [2.24, 2.45) is 0 Å². The Morgan fingerprint density at radius 1 is 1.08 bits per heavy atom. The van der Waals surface area contributed by atoms with Gasteiger partial charge in [-0.1, -0.05) is 43.7 Å². The van der Waals surface area contributed by atoms with E-state index in [1.165, 1.54) is 12.1 Å². The van der Waals surface area contributed by atoms with E-state index in [1.807, 2.05) is 24.3 Å². The van der Waals surface area contributed by atoms with Crippen LogP contribution in [0.3, 0.4) is 0 Å². The van der Waals surface area contributed by atoms with Crippen molar-refractivity contribution in [3.63, 3.8) is 0 Å². The van der Waals surface area contributed by atoms with Crippen molar-refractivity contribution >= 4 is 5.97 Å². The molecule has 5 nitrogen and oxygen atoms in total. The van der Waals surface area contributed by atoms with Gasteiger partial charge in [0.2, 0.25) is 6.29 Å². The van der Waals surface area contributed by atoms with Gasteiger partial charge in [0.25, 0.3) is 0 Å². The normalized spacial score (nSPS) is 11.8. The van der Waals surface area contributed by atoms with Gasteiger partial charge in [-0.3, -0.25) is 0 Å². The van der Waals surface area contributed by atoms with E-state index in [0.29, 0.717) is 0 Å². The lowest BCUT2D eigenvalue weighted by Crippen LogP contribution is -2.19. The van der Waals surface area contributed by atoms with Gasteiger partial charge < -0.3 is 14.7 Å². The van der Waals surface area contributed by atoms with Crippen LogP contribution in [-0.2, 0) is 11.3 Å². The van der Waals surface area contributed by atoms with Crippen LogP contribution in [0.25, 0.3) is 0 Å². The number of ether oxygens (including phenoxy) is 1. The smallest absolute Gasteiger partial charge is 0.339 e. The van der Waals surface area contributed by atoms with Gasteiger partial charge in [-0.2, -0.15) is 0 Å². The van der Waals surface area contributed by atoms with Crippen molar-refractivity contribution in [2.45, 2.75) is 39.4 Å². The molecular formula is C19H22O5. The first-order valence-electron chi connectivity index (χ1n) is 8.02. The molecule has 0 fully saturated rings. The van der Waals surface area contributed by atoms with Crippen molar-refractivity contribution in [1.29, 1.82) is 0 Å². The van der Waals surface area contributed by atoms with Crippen LogP contribution >= 0.6 is 0 Å². The third-order valence-electron chi connectivity index (χ3n) is 3.46. The number of carboxylic acid groups (broad SMARTS) is 1. The highest BCUT2D eigenvalue weighted by Crippen LogP contribution is 2.23. The minimum atomic E-state index is -1.08. The monoisotopic (exact) mass is 330 g/mol. The number of benzene rings is 2. The van der Waals surface area contributed by atoms with Crippen LogP contribution in [0.2, 0.25) is 0 Å². The van der Waals surface area contributed by atoms with Crippen LogP contribution < -0.4 is 9.62 Å². The zero-order valence-corrected chi connectivity index (χ0v) is 13.9. The SMILES string of the molecule is CCCCc1ccccc1OC(C)OOc1ccccc1C(=O)O. The standard InChI is InChI=1S/C19H22O5/c1-3-4-9-15-10-5-7-12-17(15)22-14(2)23-24-18-13-8-6-11-16(18)19(20)21/h5-8,10-14H,3-4,9H2,1-2H3,(H,20,21). The number of hydrogen-bond acceptors (Lipinski definition) is 4. The zero-order chi connectivity index (χ0) is 17.4. The van der Waals surface area contributed by atoms with Crippen LogP contribution in [0.5, 0.6) is 11.5 Å². The van der Waals surface area contributed by atoms with E-state index < -0.39 is 12.3 Å². The lowest BCUT2D eigenvalue weighted by atomic mass is 10.1. The van der Waals surface area contributed by atoms with Gasteiger partial charge in [0, 0.05) is 6.92 Å². The number of rotatable bonds is 9. The summed E-state index contributed by atoms with van der Waals surface area (Å²) in [6, 6.07) is 14.1. The fourth-order valence-corrected chi connectivity index (χ4v) is 2.23. The van der Waals surface area contributed by atoms with E-state index in [2.05, 4.69) is 6.92 Å². The molecule has 0 amide bonds. The van der Waals surface area contributed by atoms with Crippen LogP contribution in [0.15, 0.2) is 48.5 Å². The maximum atomic E-state index is 11.1. The van der Waals surface area contributed by atoms with Crippen LogP contribution in [0.1, 0.15) is 42.6 Å². The summed E-state index contributed by atoms with van der Waals surface area (Å²) in [6.45, 7) is 3.84. The predicted octanol–water partition coefficient (Wildman–Crippen LogP) is 4.46. The van der Waals surface area contributed by atoms with Crippen LogP contribution in [0, 0.1) is 0 Å². The Kier molecular flexibility index (Phi) is 6.63. The summed E-state index contributed by atoms with van der Waals surface area (Å²) in [7, 11) is 0. The third kappa shape index (κ3) is 4.99. The highest BCUT2D eigenvalue weighted by Gasteiger charge is 2.14. The molecule has 1 N–H and O–H groups in total. The van der Waals surface area contributed by atoms with Gasteiger partial charge in [-0.05, 0) is 36.6 Å². The Labute approximate surface area is 141 Å². The Balaban J connectivity index is 1.97. The summed E-state index contributed by atoms with van der Waals surface area (Å²) < 4.78 is 5.77. The minimum Gasteiger partial charge on any atom is -0.478 e. The third-order valence-corrected chi connectivity index (χ3v) is 3.46. The van der Waals surface area contributed by atoms with E-state index >= 15 is 0 Å². The summed E-state index contributed by atoms with van der Waals surface area (Å²) in [6.07, 6.45) is 2.44. The fourth-order valence-electron chi connectivity index (χ4n) is 2.23. The lowest BCUT2D eigenvalue weighted by molar-refractivity contribution is -0.289. The highest BCUT2D eigenvalue weighted by molar-refractivity contribution is 5.90. The van der Waals surface area contributed by atoms with Gasteiger partial charge in [0.05, 0.1) is 0 Å². The summed E-state index contributed by atoms with van der Waals surface area (Å²) in [5.41, 5.74) is 1.15. The van der Waals surface area contributed by atoms with E-state index in [0.717, 1.165) is 30.6 Å². The molecule has 0 bridgehead atoms. The predicted molar refractivity (Wildman–Crippen MR) is 90.3 cm³/mol. The first-order valence-corrected chi connectivity index (χ1v) is 8.02. The van der Waals surface area contributed by atoms with E-state index in [9.17, 15) is 4.79 Å². The van der Waals surface area contributed by atoms with Crippen molar-refractivity contribution in [3.05, 3.63) is 59.7 Å². The molecule has 128 valence electrons. The molecule has 24 heavy (non-hydrogen) atoms. The number of carbonyl (C=O) groups is 1. The molecule has 0 aliphatic carbocycles. The number of carboxylic acids is 1. The van der Waals surface area contributed by atoms with Crippen LogP contribution in [0.4, 0.5) is 0 Å². The van der Waals surface area contributed by atoms with Crippen molar-refractivity contribution in [2.75, 3.05) is 0 Å². The quantitative estimate of drug-likeness (QED) is 0.418. The van der Waals surface area contributed by atoms with Crippen molar-refractivity contribution < 1.29 is 24.4 Å². The Bertz CT molecular complexity index is 668. The summed E-state index contributed by atoms with van der Waals surface area (Å²) in [5, 5.41) is 9.12. The number of unbranched alkanes of at least 4 members (excludes halogenated alkanes) is 1.